The molecule has 3 N–H and O–H groups in total. The number of rotatable bonds is 6. The van der Waals surface area contributed by atoms with Gasteiger partial charge in [0.15, 0.2) is 5.65 Å². The van der Waals surface area contributed by atoms with Crippen LogP contribution < -0.4 is 16.2 Å². The first-order valence-electron chi connectivity index (χ1n) is 11.7. The van der Waals surface area contributed by atoms with E-state index in [0.717, 1.165) is 17.2 Å². The number of hydrogen-bond donors (Lipinski definition) is 3. The number of carbonyl (C=O) groups is 1. The molecule has 0 saturated heterocycles. The van der Waals surface area contributed by atoms with Gasteiger partial charge in [0.2, 0.25) is 0 Å². The molecular formula is C29H19F2N5O3. The lowest BCUT2D eigenvalue weighted by molar-refractivity contribution is 0.0944. The highest BCUT2D eigenvalue weighted by atomic mass is 19.1. The van der Waals surface area contributed by atoms with Gasteiger partial charge in [-0.1, -0.05) is 30.3 Å². The number of nitrogens with zero attached hydrogens (tertiary/aromatic N) is 3. The number of carbonyl (C=O) groups excluding carboxylic acids is 1. The number of benzene rings is 3. The highest BCUT2D eigenvalue weighted by Gasteiger charge is 2.23. The van der Waals surface area contributed by atoms with Gasteiger partial charge in [-0.2, -0.15) is 5.26 Å². The topological polar surface area (TPSA) is 120 Å². The Labute approximate surface area is 220 Å². The van der Waals surface area contributed by atoms with Crippen LogP contribution in [0, 0.1) is 23.0 Å². The normalized spacial score (nSPS) is 10.7. The summed E-state index contributed by atoms with van der Waals surface area (Å²) in [5, 5.41) is 25.3. The molecule has 2 aromatic heterocycles. The molecule has 10 heteroatoms. The van der Waals surface area contributed by atoms with Crippen molar-refractivity contribution in [2.45, 2.75) is 6.54 Å². The van der Waals surface area contributed by atoms with Crippen molar-refractivity contribution in [2.24, 2.45) is 0 Å². The number of fused-ring (bicyclic) bond motifs is 1. The van der Waals surface area contributed by atoms with Crippen LogP contribution in [0.5, 0.6) is 0 Å². The fourth-order valence-electron chi connectivity index (χ4n) is 4.10. The predicted octanol–water partition coefficient (Wildman–Crippen LogP) is 5.12. The summed E-state index contributed by atoms with van der Waals surface area (Å²) < 4.78 is 27.6. The molecule has 0 aliphatic heterocycles. The molecule has 39 heavy (non-hydrogen) atoms. The van der Waals surface area contributed by atoms with Gasteiger partial charge < -0.3 is 15.8 Å². The summed E-state index contributed by atoms with van der Waals surface area (Å²) in [7, 11) is 0. The third-order valence-corrected chi connectivity index (χ3v) is 6.10. The molecule has 5 rings (SSSR count). The minimum Gasteiger partial charge on any atom is -0.423 e. The molecule has 1 amide bonds. The highest BCUT2D eigenvalue weighted by Crippen LogP contribution is 2.29. The zero-order chi connectivity index (χ0) is 27.5. The summed E-state index contributed by atoms with van der Waals surface area (Å²) in [6.07, 6.45) is 1.39. The molecule has 2 heterocycles. The van der Waals surface area contributed by atoms with Crippen molar-refractivity contribution in [2.75, 3.05) is 5.32 Å². The lowest BCUT2D eigenvalue weighted by Gasteiger charge is -2.16. The van der Waals surface area contributed by atoms with E-state index in [1.54, 1.807) is 36.4 Å². The zero-order valence-corrected chi connectivity index (χ0v) is 20.2. The van der Waals surface area contributed by atoms with Crippen molar-refractivity contribution < 1.29 is 18.8 Å². The van der Waals surface area contributed by atoms with Gasteiger partial charge in [0.05, 0.1) is 17.3 Å². The average molecular weight is 523 g/mol. The zero-order valence-electron chi connectivity index (χ0n) is 20.2. The van der Waals surface area contributed by atoms with E-state index in [2.05, 4.69) is 21.7 Å². The van der Waals surface area contributed by atoms with Crippen molar-refractivity contribution in [3.8, 4) is 17.2 Å². The van der Waals surface area contributed by atoms with Crippen molar-refractivity contribution >= 4 is 28.3 Å². The Morgan fingerprint density at radius 2 is 1.69 bits per heavy atom. The van der Waals surface area contributed by atoms with Gasteiger partial charge in [-0.05, 0) is 53.6 Å². The van der Waals surface area contributed by atoms with Gasteiger partial charge in [-0.25, -0.2) is 13.8 Å². The van der Waals surface area contributed by atoms with Gasteiger partial charge in [-0.15, -0.1) is 4.73 Å². The van der Waals surface area contributed by atoms with E-state index < -0.39 is 28.7 Å². The van der Waals surface area contributed by atoms with E-state index in [1.165, 1.54) is 12.3 Å². The fourth-order valence-corrected chi connectivity index (χ4v) is 4.10. The molecule has 8 nitrogen and oxygen atoms in total. The summed E-state index contributed by atoms with van der Waals surface area (Å²) in [5.41, 5.74) is 1.44. The Morgan fingerprint density at radius 3 is 2.36 bits per heavy atom. The molecule has 0 fully saturated rings. The second kappa shape index (κ2) is 10.4. The SMILES string of the molecule is N#Cc1ccc(-c2ccc(Nc3c(C(=O)NCc4ccc(F)cc4F)c(=O)n(O)c4ncccc34)cc2)cc1. The van der Waals surface area contributed by atoms with Crippen LogP contribution in [-0.4, -0.2) is 20.8 Å². The number of nitrogens with one attached hydrogen (secondary N) is 2. The number of hydrogen-bond acceptors (Lipinski definition) is 6. The number of anilines is 2. The first kappa shape index (κ1) is 25.1. The number of halogens is 2. The Hall–Kier alpha value is -5.56. The number of nitriles is 1. The van der Waals surface area contributed by atoms with Gasteiger partial charge in [0.25, 0.3) is 11.5 Å². The van der Waals surface area contributed by atoms with Gasteiger partial charge in [0.1, 0.15) is 17.2 Å². The van der Waals surface area contributed by atoms with Crippen molar-refractivity contribution in [3.63, 3.8) is 0 Å². The van der Waals surface area contributed by atoms with Gasteiger partial charge in [0, 0.05) is 35.4 Å². The van der Waals surface area contributed by atoms with Crippen molar-refractivity contribution in [1.29, 1.82) is 5.26 Å². The molecule has 0 radical (unpaired) electrons. The van der Waals surface area contributed by atoms with Gasteiger partial charge >= 0.3 is 0 Å². The molecule has 0 spiro atoms. The molecule has 0 unspecified atom stereocenters. The molecule has 192 valence electrons. The van der Waals surface area contributed by atoms with Crippen LogP contribution in [-0.2, 0) is 6.54 Å². The van der Waals surface area contributed by atoms with Crippen LogP contribution in [0.1, 0.15) is 21.5 Å². The van der Waals surface area contributed by atoms with Crippen LogP contribution in [0.4, 0.5) is 20.2 Å². The molecule has 3 aromatic carbocycles. The lowest BCUT2D eigenvalue weighted by Crippen LogP contribution is -2.34. The molecule has 0 aliphatic carbocycles. The minimum absolute atomic E-state index is 0.0180. The van der Waals surface area contributed by atoms with E-state index in [-0.39, 0.29) is 33.6 Å². The Bertz CT molecular complexity index is 1810. The van der Waals surface area contributed by atoms with Crippen LogP contribution in [0.3, 0.4) is 0 Å². The third-order valence-electron chi connectivity index (χ3n) is 6.10. The Kier molecular flexibility index (Phi) is 6.72. The summed E-state index contributed by atoms with van der Waals surface area (Å²) in [6.45, 7) is -0.320. The average Bonchev–Trinajstić information content (AvgIpc) is 2.96. The summed E-state index contributed by atoms with van der Waals surface area (Å²) in [5.74, 6) is -2.49. The first-order chi connectivity index (χ1) is 18.9. The Morgan fingerprint density at radius 1 is 1.00 bits per heavy atom. The van der Waals surface area contributed by atoms with Crippen LogP contribution in [0.2, 0.25) is 0 Å². The maximum atomic E-state index is 14.1. The van der Waals surface area contributed by atoms with Gasteiger partial charge in [-0.3, -0.25) is 9.59 Å². The Balaban J connectivity index is 1.50. The summed E-state index contributed by atoms with van der Waals surface area (Å²) in [6, 6.07) is 22.4. The quantitative estimate of drug-likeness (QED) is 0.266. The monoisotopic (exact) mass is 523 g/mol. The summed E-state index contributed by atoms with van der Waals surface area (Å²) >= 11 is 0. The number of pyridine rings is 2. The summed E-state index contributed by atoms with van der Waals surface area (Å²) in [4.78, 5) is 30.3. The second-order valence-electron chi connectivity index (χ2n) is 8.55. The van der Waals surface area contributed by atoms with Crippen molar-refractivity contribution in [1.82, 2.24) is 15.0 Å². The van der Waals surface area contributed by atoms with E-state index in [4.69, 9.17) is 5.26 Å². The molecule has 0 bridgehead atoms. The molecule has 5 aromatic rings. The molecular weight excluding hydrogens is 504 g/mol. The lowest BCUT2D eigenvalue weighted by atomic mass is 10.0. The standard InChI is InChI=1S/C29H19F2N5O3/c30-21-10-7-20(24(31)14-21)16-34-28(37)25-26(23-2-1-13-33-27(23)36(39)29(25)38)35-22-11-8-19(9-12-22)18-5-3-17(15-32)4-6-18/h1-14,35,39H,16H2,(H,34,37). The maximum Gasteiger partial charge on any atom is 0.299 e. The van der Waals surface area contributed by atoms with Crippen molar-refractivity contribution in [3.05, 3.63) is 124 Å². The number of aromatic nitrogens is 2. The largest absolute Gasteiger partial charge is 0.423 e. The van der Waals surface area contributed by atoms with E-state index in [1.807, 2.05) is 24.3 Å². The second-order valence-corrected chi connectivity index (χ2v) is 8.55. The predicted molar refractivity (Wildman–Crippen MR) is 141 cm³/mol. The van der Waals surface area contributed by atoms with Crippen LogP contribution in [0.25, 0.3) is 22.2 Å². The molecule has 0 saturated carbocycles. The van der Waals surface area contributed by atoms with E-state index in [0.29, 0.717) is 17.3 Å². The first-order valence-corrected chi connectivity index (χ1v) is 11.7. The van der Waals surface area contributed by atoms with E-state index in [9.17, 15) is 23.6 Å². The van der Waals surface area contributed by atoms with E-state index >= 15 is 0 Å². The smallest absolute Gasteiger partial charge is 0.299 e. The third kappa shape index (κ3) is 5.01. The molecule has 0 aliphatic rings. The highest BCUT2D eigenvalue weighted by molar-refractivity contribution is 6.07. The minimum atomic E-state index is -1.03. The van der Waals surface area contributed by atoms with Crippen LogP contribution >= 0.6 is 0 Å². The maximum absolute atomic E-state index is 14.1. The fraction of sp³-hybridized carbons (Fsp3) is 0.0345. The van der Waals surface area contributed by atoms with Crippen LogP contribution in [0.15, 0.2) is 89.9 Å². The molecule has 0 atom stereocenters. The number of amides is 1.